The Morgan fingerprint density at radius 1 is 0.889 bits per heavy atom. The van der Waals surface area contributed by atoms with Gasteiger partial charge in [0, 0.05) is 11.8 Å². The number of amides is 1. The Kier molecular flexibility index (Phi) is 9.33. The number of nitrogens with one attached hydrogen (secondary N) is 1. The van der Waals surface area contributed by atoms with Gasteiger partial charge in [-0.05, 0) is 47.9 Å². The third-order valence-electron chi connectivity index (χ3n) is 5.87. The largest absolute Gasteiger partial charge is 0.505 e. The topological polar surface area (TPSA) is 272 Å². The van der Waals surface area contributed by atoms with E-state index in [1.54, 1.807) is 0 Å². The Morgan fingerprint density at radius 2 is 1.51 bits per heavy atom. The molecule has 0 fully saturated rings. The van der Waals surface area contributed by atoms with Crippen molar-refractivity contribution >= 4 is 87.3 Å². The molecule has 1 aromatic heterocycles. The van der Waals surface area contributed by atoms with E-state index >= 15 is 0 Å². The number of phenols is 1. The van der Waals surface area contributed by atoms with E-state index < -0.39 is 90.8 Å². The first kappa shape index (κ1) is 33.9. The van der Waals surface area contributed by atoms with Crippen LogP contribution in [0.25, 0.3) is 10.8 Å². The third-order valence-corrected chi connectivity index (χ3v) is 9.18. The number of anilines is 1. The minimum Gasteiger partial charge on any atom is -0.505 e. The number of carbonyl (C=O) groups is 1. The van der Waals surface area contributed by atoms with E-state index in [4.69, 9.17) is 27.8 Å². The van der Waals surface area contributed by atoms with Crippen LogP contribution in [-0.4, -0.2) is 59.7 Å². The fraction of sp³-hybridized carbons (Fsp3) is 0.0870. The number of rotatable bonds is 9. The molecule has 0 bridgehead atoms. The lowest BCUT2D eigenvalue weighted by Gasteiger charge is -2.15. The second kappa shape index (κ2) is 12.4. The summed E-state index contributed by atoms with van der Waals surface area (Å²) < 4.78 is 100. The average Bonchev–Trinajstić information content (AvgIpc) is 2.93. The lowest BCUT2D eigenvalue weighted by Crippen LogP contribution is -2.25. The second-order valence-corrected chi connectivity index (χ2v) is 13.9. The maximum Gasteiger partial charge on any atom is 0.296 e. The van der Waals surface area contributed by atoms with Crippen molar-refractivity contribution in [1.82, 2.24) is 9.78 Å². The molecule has 0 aliphatic carbocycles. The molecule has 0 aliphatic rings. The number of hydrogen-bond donors (Lipinski definition) is 5. The van der Waals surface area contributed by atoms with Gasteiger partial charge >= 0.3 is 0 Å². The Morgan fingerprint density at radius 3 is 2.09 bits per heavy atom. The normalized spacial score (nSPS) is 12.6. The van der Waals surface area contributed by atoms with Crippen LogP contribution in [0, 0.1) is 0 Å². The zero-order valence-corrected chi connectivity index (χ0v) is 25.8. The first-order valence-electron chi connectivity index (χ1n) is 11.8. The van der Waals surface area contributed by atoms with Gasteiger partial charge in [-0.25, -0.2) is 4.68 Å². The molecule has 238 valence electrons. The molecule has 4 aromatic rings. The predicted octanol–water partition coefficient (Wildman–Crippen LogP) is 3.59. The zero-order chi connectivity index (χ0) is 33.5. The maximum atomic E-state index is 12.8. The minimum absolute atomic E-state index is 0.107. The van der Waals surface area contributed by atoms with Crippen molar-refractivity contribution in [1.29, 1.82) is 0 Å². The van der Waals surface area contributed by atoms with E-state index in [0.717, 1.165) is 47.3 Å². The van der Waals surface area contributed by atoms with Gasteiger partial charge < -0.3 is 10.4 Å². The molecule has 17 nitrogen and oxygen atoms in total. The number of hydrogen-bond acceptors (Lipinski definition) is 12. The highest BCUT2D eigenvalue weighted by Crippen LogP contribution is 2.45. The number of phenolic OH excluding ortho intramolecular Hbond substituents is 1. The molecule has 0 aliphatic heterocycles. The maximum absolute atomic E-state index is 12.8. The second-order valence-electron chi connectivity index (χ2n) is 8.89. The van der Waals surface area contributed by atoms with E-state index in [0.29, 0.717) is 6.07 Å². The summed E-state index contributed by atoms with van der Waals surface area (Å²) in [6.45, 7) is -0.341. The standard InChI is InChI=1S/C23H17Cl2N5O12S3/c24-15-10-26-30(23(33)20(15)25)6-5-18(31)27-16-9-14(44(37,38)39)7-11-8-17(45(40,41)42)21(22(32)19(11)16)29-28-12-1-3-13(4-2-12)43(34,35)36/h1-4,7-10,32H,5-6H2,(H,27,31)(H,34,35,36)(H,37,38,39)(H,40,41,42). The van der Waals surface area contributed by atoms with Crippen LogP contribution in [0.1, 0.15) is 6.42 Å². The minimum atomic E-state index is -5.20. The number of nitrogens with zero attached hydrogens (tertiary/aromatic N) is 4. The van der Waals surface area contributed by atoms with Gasteiger partial charge in [0.05, 0.1) is 38.9 Å². The molecular formula is C23H17Cl2N5O12S3. The van der Waals surface area contributed by atoms with Crippen molar-refractivity contribution in [3.63, 3.8) is 0 Å². The monoisotopic (exact) mass is 721 g/mol. The van der Waals surface area contributed by atoms with E-state index in [-0.39, 0.29) is 22.3 Å². The number of fused-ring (bicyclic) bond motifs is 1. The molecule has 1 amide bonds. The molecule has 3 aromatic carbocycles. The number of azo groups is 1. The van der Waals surface area contributed by atoms with Crippen molar-refractivity contribution in [2.75, 3.05) is 5.32 Å². The number of aromatic hydroxyl groups is 1. The van der Waals surface area contributed by atoms with Crippen molar-refractivity contribution < 1.29 is 48.8 Å². The van der Waals surface area contributed by atoms with Gasteiger partial charge in [0.15, 0.2) is 5.75 Å². The van der Waals surface area contributed by atoms with Crippen molar-refractivity contribution in [3.05, 3.63) is 69.1 Å². The van der Waals surface area contributed by atoms with Crippen LogP contribution in [-0.2, 0) is 41.7 Å². The first-order chi connectivity index (χ1) is 20.8. The summed E-state index contributed by atoms with van der Waals surface area (Å²) in [5.74, 6) is -1.91. The van der Waals surface area contributed by atoms with Crippen LogP contribution in [0.5, 0.6) is 5.75 Å². The Bertz CT molecular complexity index is 2290. The highest BCUT2D eigenvalue weighted by Gasteiger charge is 2.26. The summed E-state index contributed by atoms with van der Waals surface area (Å²) in [4.78, 5) is 22.6. The number of aryl methyl sites for hydroxylation is 1. The highest BCUT2D eigenvalue weighted by atomic mass is 35.5. The lowest BCUT2D eigenvalue weighted by molar-refractivity contribution is -0.116. The molecule has 0 spiro atoms. The summed E-state index contributed by atoms with van der Waals surface area (Å²) in [6.07, 6.45) is 0.592. The molecule has 0 radical (unpaired) electrons. The van der Waals surface area contributed by atoms with Crippen molar-refractivity contribution in [3.8, 4) is 5.75 Å². The van der Waals surface area contributed by atoms with Gasteiger partial charge in [0.1, 0.15) is 15.6 Å². The average molecular weight is 723 g/mol. The molecule has 0 saturated carbocycles. The quantitative estimate of drug-likeness (QED) is 0.122. The van der Waals surface area contributed by atoms with Gasteiger partial charge in [-0.15, -0.1) is 5.11 Å². The SMILES string of the molecule is O=C(CCn1ncc(Cl)c(Cl)c1=O)Nc1cc(S(=O)(=O)O)cc2cc(S(=O)(=O)O)c(N=Nc3ccc(S(=O)(=O)O)cc3)c(O)c12. The Labute approximate surface area is 263 Å². The first-order valence-corrected chi connectivity index (χ1v) is 16.8. The lowest BCUT2D eigenvalue weighted by atomic mass is 10.1. The van der Waals surface area contributed by atoms with Gasteiger partial charge in [-0.1, -0.05) is 23.2 Å². The number of aromatic nitrogens is 2. The van der Waals surface area contributed by atoms with Gasteiger partial charge in [0.2, 0.25) is 5.91 Å². The molecule has 4 rings (SSSR count). The summed E-state index contributed by atoms with van der Waals surface area (Å²) >= 11 is 11.5. The summed E-state index contributed by atoms with van der Waals surface area (Å²) in [5.41, 5.74) is -2.28. The van der Waals surface area contributed by atoms with Crippen molar-refractivity contribution in [2.45, 2.75) is 27.7 Å². The van der Waals surface area contributed by atoms with E-state index in [9.17, 15) is 49.1 Å². The smallest absolute Gasteiger partial charge is 0.296 e. The fourth-order valence-electron chi connectivity index (χ4n) is 3.82. The van der Waals surface area contributed by atoms with Crippen LogP contribution in [0.4, 0.5) is 17.1 Å². The molecule has 0 atom stereocenters. The van der Waals surface area contributed by atoms with Crippen LogP contribution < -0.4 is 10.9 Å². The Balaban J connectivity index is 1.83. The van der Waals surface area contributed by atoms with Crippen LogP contribution >= 0.6 is 23.2 Å². The molecule has 45 heavy (non-hydrogen) atoms. The fourth-order valence-corrected chi connectivity index (χ4v) is 5.77. The molecule has 0 unspecified atom stereocenters. The van der Waals surface area contributed by atoms with E-state index in [1.807, 2.05) is 0 Å². The highest BCUT2D eigenvalue weighted by molar-refractivity contribution is 7.86. The summed E-state index contributed by atoms with van der Waals surface area (Å²) in [5, 5.41) is 23.2. The summed E-state index contributed by atoms with van der Waals surface area (Å²) in [6, 6.07) is 6.18. The molecule has 1 heterocycles. The van der Waals surface area contributed by atoms with Crippen LogP contribution in [0.2, 0.25) is 10.0 Å². The predicted molar refractivity (Wildman–Crippen MR) is 157 cm³/mol. The zero-order valence-electron chi connectivity index (χ0n) is 21.9. The number of benzene rings is 3. The van der Waals surface area contributed by atoms with E-state index in [1.165, 1.54) is 0 Å². The molecule has 22 heteroatoms. The van der Waals surface area contributed by atoms with Crippen molar-refractivity contribution in [2.24, 2.45) is 10.2 Å². The summed E-state index contributed by atoms with van der Waals surface area (Å²) in [7, 11) is -14.7. The molecule has 5 N–H and O–H groups in total. The third kappa shape index (κ3) is 7.62. The number of carbonyl (C=O) groups excluding carboxylic acids is 1. The van der Waals surface area contributed by atoms with Crippen LogP contribution in [0.15, 0.2) is 78.4 Å². The molecule has 0 saturated heterocycles. The Hall–Kier alpha value is -4.02. The van der Waals surface area contributed by atoms with Gasteiger partial charge in [-0.3, -0.25) is 23.2 Å². The van der Waals surface area contributed by atoms with Crippen LogP contribution in [0.3, 0.4) is 0 Å². The van der Waals surface area contributed by atoms with E-state index in [2.05, 4.69) is 20.6 Å². The van der Waals surface area contributed by atoms with Gasteiger partial charge in [-0.2, -0.15) is 35.5 Å². The molecular weight excluding hydrogens is 705 g/mol. The number of halogens is 2. The van der Waals surface area contributed by atoms with Gasteiger partial charge in [0.25, 0.3) is 35.9 Å².